The first-order valence-corrected chi connectivity index (χ1v) is 7.54. The van der Waals surface area contributed by atoms with Gasteiger partial charge in [-0.15, -0.1) is 11.8 Å². The summed E-state index contributed by atoms with van der Waals surface area (Å²) in [6.07, 6.45) is 0. The summed E-state index contributed by atoms with van der Waals surface area (Å²) in [5.41, 5.74) is 1.25. The van der Waals surface area contributed by atoms with Crippen molar-refractivity contribution in [3.8, 4) is 6.07 Å². The lowest BCUT2D eigenvalue weighted by molar-refractivity contribution is -0.142. The van der Waals surface area contributed by atoms with E-state index in [1.807, 2.05) is 39.0 Å². The minimum atomic E-state index is -0.464. The molecule has 0 aliphatic rings. The Balaban J connectivity index is 3.10. The number of nitrogens with one attached hydrogen (secondary N) is 1. The third kappa shape index (κ3) is 3.91. The number of thioether (sulfide) groups is 1. The lowest BCUT2D eigenvalue weighted by atomic mass is 10.0. The second-order valence-electron chi connectivity index (χ2n) is 4.61. The maximum atomic E-state index is 11.8. The minimum absolute atomic E-state index is 0.0662. The maximum Gasteiger partial charge on any atom is 0.328 e. The predicted octanol–water partition coefficient (Wildman–Crippen LogP) is 3.28. The number of ether oxygens (including phenoxy) is 1. The van der Waals surface area contributed by atoms with Crippen molar-refractivity contribution in [2.45, 2.75) is 31.7 Å². The number of anilines is 1. The average molecular weight is 292 g/mol. The molecular formula is C15H20N2O2S. The summed E-state index contributed by atoms with van der Waals surface area (Å²) >= 11 is 1.61. The van der Waals surface area contributed by atoms with Gasteiger partial charge in [-0.2, -0.15) is 5.26 Å². The van der Waals surface area contributed by atoms with Crippen molar-refractivity contribution in [1.82, 2.24) is 0 Å². The highest BCUT2D eigenvalue weighted by Gasteiger charge is 2.24. The normalized spacial score (nSPS) is 11.8. The van der Waals surface area contributed by atoms with Gasteiger partial charge in [0.1, 0.15) is 12.1 Å². The smallest absolute Gasteiger partial charge is 0.328 e. The van der Waals surface area contributed by atoms with Crippen molar-refractivity contribution >= 4 is 23.4 Å². The lowest BCUT2D eigenvalue weighted by Crippen LogP contribution is -2.35. The van der Waals surface area contributed by atoms with E-state index >= 15 is 0 Å². The Bertz CT molecular complexity index is 509. The van der Waals surface area contributed by atoms with E-state index in [1.165, 1.54) is 7.11 Å². The first-order valence-electron chi connectivity index (χ1n) is 6.55. The Labute approximate surface area is 124 Å². The number of nitriles is 1. The van der Waals surface area contributed by atoms with Gasteiger partial charge in [-0.1, -0.05) is 26.8 Å². The van der Waals surface area contributed by atoms with Crippen molar-refractivity contribution in [2.75, 3.05) is 18.2 Å². The fourth-order valence-electron chi connectivity index (χ4n) is 1.83. The van der Waals surface area contributed by atoms with Crippen molar-refractivity contribution < 1.29 is 9.53 Å². The first kappa shape index (κ1) is 16.4. The molecule has 0 heterocycles. The van der Waals surface area contributed by atoms with Gasteiger partial charge in [0.15, 0.2) is 0 Å². The van der Waals surface area contributed by atoms with E-state index in [1.54, 1.807) is 11.8 Å². The number of carbonyl (C=O) groups is 1. The van der Waals surface area contributed by atoms with Crippen LogP contribution in [0.4, 0.5) is 5.69 Å². The van der Waals surface area contributed by atoms with Crippen LogP contribution in [-0.4, -0.2) is 24.9 Å². The first-order chi connectivity index (χ1) is 9.54. The van der Waals surface area contributed by atoms with Crippen LogP contribution in [0.15, 0.2) is 23.1 Å². The fourth-order valence-corrected chi connectivity index (χ4v) is 2.62. The predicted molar refractivity (Wildman–Crippen MR) is 81.8 cm³/mol. The Hall–Kier alpha value is -1.67. The molecule has 4 nitrogen and oxygen atoms in total. The van der Waals surface area contributed by atoms with Crippen LogP contribution in [0, 0.1) is 17.2 Å². The molecule has 0 bridgehead atoms. The molecule has 20 heavy (non-hydrogen) atoms. The zero-order chi connectivity index (χ0) is 15.1. The van der Waals surface area contributed by atoms with E-state index in [4.69, 9.17) is 4.74 Å². The van der Waals surface area contributed by atoms with Gasteiger partial charge < -0.3 is 10.1 Å². The van der Waals surface area contributed by atoms with Crippen molar-refractivity contribution in [3.05, 3.63) is 23.8 Å². The third-order valence-electron chi connectivity index (χ3n) is 2.87. The molecule has 0 aromatic heterocycles. The molecule has 1 unspecified atom stereocenters. The van der Waals surface area contributed by atoms with Crippen LogP contribution in [0.2, 0.25) is 0 Å². The fraction of sp³-hybridized carbons (Fsp3) is 0.467. The van der Waals surface area contributed by atoms with E-state index in [0.29, 0.717) is 11.3 Å². The molecule has 0 aliphatic heterocycles. The summed E-state index contributed by atoms with van der Waals surface area (Å²) in [4.78, 5) is 12.7. The van der Waals surface area contributed by atoms with Gasteiger partial charge >= 0.3 is 5.97 Å². The van der Waals surface area contributed by atoms with Crippen LogP contribution in [0.25, 0.3) is 0 Å². The molecule has 5 heteroatoms. The highest BCUT2D eigenvalue weighted by molar-refractivity contribution is 7.99. The summed E-state index contributed by atoms with van der Waals surface area (Å²) in [6.45, 7) is 5.91. The molecular weight excluding hydrogens is 272 g/mol. The van der Waals surface area contributed by atoms with E-state index in [9.17, 15) is 10.1 Å². The number of hydrogen-bond donors (Lipinski definition) is 1. The Morgan fingerprint density at radius 1 is 1.50 bits per heavy atom. The summed E-state index contributed by atoms with van der Waals surface area (Å²) < 4.78 is 4.81. The van der Waals surface area contributed by atoms with Crippen LogP contribution >= 0.6 is 11.8 Å². The van der Waals surface area contributed by atoms with Gasteiger partial charge in [-0.3, -0.25) is 0 Å². The monoisotopic (exact) mass is 292 g/mol. The van der Waals surface area contributed by atoms with E-state index in [-0.39, 0.29) is 11.9 Å². The number of nitrogens with zero attached hydrogens (tertiary/aromatic N) is 1. The number of methoxy groups -OCH3 is 1. The van der Waals surface area contributed by atoms with Gasteiger partial charge in [0.25, 0.3) is 0 Å². The molecule has 0 radical (unpaired) electrons. The molecule has 1 N–H and O–H groups in total. The Kier molecular flexibility index (Phi) is 6.40. The zero-order valence-corrected chi connectivity index (χ0v) is 13.1. The topological polar surface area (TPSA) is 62.1 Å². The maximum absolute atomic E-state index is 11.8. The Morgan fingerprint density at radius 2 is 2.20 bits per heavy atom. The van der Waals surface area contributed by atoms with Crippen LogP contribution < -0.4 is 5.32 Å². The van der Waals surface area contributed by atoms with Gasteiger partial charge in [-0.05, 0) is 23.8 Å². The Morgan fingerprint density at radius 3 is 2.70 bits per heavy atom. The molecule has 1 rings (SSSR count). The van der Waals surface area contributed by atoms with Crippen LogP contribution in [0.1, 0.15) is 26.3 Å². The molecule has 0 amide bonds. The number of hydrogen-bond acceptors (Lipinski definition) is 5. The second kappa shape index (κ2) is 7.81. The van der Waals surface area contributed by atoms with Gasteiger partial charge in [0.05, 0.1) is 18.4 Å². The highest BCUT2D eigenvalue weighted by atomic mass is 32.2. The van der Waals surface area contributed by atoms with Gasteiger partial charge in [0.2, 0.25) is 0 Å². The van der Waals surface area contributed by atoms with Crippen molar-refractivity contribution in [3.63, 3.8) is 0 Å². The second-order valence-corrected chi connectivity index (χ2v) is 5.92. The van der Waals surface area contributed by atoms with Gasteiger partial charge in [0, 0.05) is 4.90 Å². The van der Waals surface area contributed by atoms with E-state index in [2.05, 4.69) is 11.4 Å². The summed E-state index contributed by atoms with van der Waals surface area (Å²) in [7, 11) is 1.37. The third-order valence-corrected chi connectivity index (χ3v) is 3.81. The number of carbonyl (C=O) groups excluding carboxylic acids is 1. The molecule has 1 aromatic carbocycles. The molecule has 0 spiro atoms. The quantitative estimate of drug-likeness (QED) is 0.644. The standard InChI is InChI=1S/C15H20N2O2S/c1-5-20-13-8-6-7-12(11(13)9-16)17-14(10(2)3)15(18)19-4/h6-8,10,14,17H,5H2,1-4H3. The van der Waals surface area contributed by atoms with Crippen LogP contribution in [0.3, 0.4) is 0 Å². The minimum Gasteiger partial charge on any atom is -0.467 e. The lowest BCUT2D eigenvalue weighted by Gasteiger charge is -2.22. The van der Waals surface area contributed by atoms with Crippen molar-refractivity contribution in [1.29, 1.82) is 5.26 Å². The molecule has 1 aromatic rings. The largest absolute Gasteiger partial charge is 0.467 e. The van der Waals surface area contributed by atoms with E-state index < -0.39 is 6.04 Å². The van der Waals surface area contributed by atoms with E-state index in [0.717, 1.165) is 10.6 Å². The molecule has 0 fully saturated rings. The van der Waals surface area contributed by atoms with Crippen LogP contribution in [0.5, 0.6) is 0 Å². The van der Waals surface area contributed by atoms with Gasteiger partial charge in [-0.25, -0.2) is 4.79 Å². The molecule has 0 saturated carbocycles. The molecule has 108 valence electrons. The average Bonchev–Trinajstić information content (AvgIpc) is 2.44. The molecule has 1 atom stereocenters. The number of esters is 1. The highest BCUT2D eigenvalue weighted by Crippen LogP contribution is 2.28. The van der Waals surface area contributed by atoms with Crippen LogP contribution in [-0.2, 0) is 9.53 Å². The van der Waals surface area contributed by atoms with Crippen molar-refractivity contribution in [2.24, 2.45) is 5.92 Å². The number of benzene rings is 1. The summed E-state index contributed by atoms with van der Waals surface area (Å²) in [5, 5.41) is 12.5. The molecule has 0 aliphatic carbocycles. The number of rotatable bonds is 6. The summed E-state index contributed by atoms with van der Waals surface area (Å²) in [6, 6.07) is 7.37. The zero-order valence-electron chi connectivity index (χ0n) is 12.3. The SMILES string of the molecule is CCSc1cccc(NC(C(=O)OC)C(C)C)c1C#N. The summed E-state index contributed by atoms with van der Waals surface area (Å²) in [5.74, 6) is 0.636. The molecule has 0 saturated heterocycles.